The van der Waals surface area contributed by atoms with E-state index in [9.17, 15) is 24.9 Å². The first kappa shape index (κ1) is 18.3. The van der Waals surface area contributed by atoms with Crippen molar-refractivity contribution < 1.29 is 39.5 Å². The van der Waals surface area contributed by atoms with Crippen LogP contribution in [0.5, 0.6) is 0 Å². The third kappa shape index (κ3) is 3.71. The van der Waals surface area contributed by atoms with Gasteiger partial charge in [-0.1, -0.05) is 6.07 Å². The van der Waals surface area contributed by atoms with E-state index in [2.05, 4.69) is 10.1 Å². The lowest BCUT2D eigenvalue weighted by Gasteiger charge is -2.40. The largest absolute Gasteiger partial charge is 0.465 e. The van der Waals surface area contributed by atoms with Crippen molar-refractivity contribution in [2.75, 3.05) is 13.7 Å². The summed E-state index contributed by atoms with van der Waals surface area (Å²) in [5.74, 6) is -1.29. The molecule has 0 saturated carbocycles. The van der Waals surface area contributed by atoms with Crippen molar-refractivity contribution in [1.82, 2.24) is 5.32 Å². The van der Waals surface area contributed by atoms with Gasteiger partial charge < -0.3 is 35.2 Å². The zero-order chi connectivity index (χ0) is 17.9. The average Bonchev–Trinajstić information content (AvgIpc) is 2.61. The Morgan fingerprint density at radius 2 is 1.83 bits per heavy atom. The number of ether oxygens (including phenoxy) is 2. The van der Waals surface area contributed by atoms with Crippen LogP contribution in [-0.2, 0) is 9.47 Å². The molecule has 1 saturated heterocycles. The first-order chi connectivity index (χ1) is 11.4. The maximum absolute atomic E-state index is 12.2. The van der Waals surface area contributed by atoms with Gasteiger partial charge in [0.05, 0.1) is 19.3 Å². The third-order valence-corrected chi connectivity index (χ3v) is 3.71. The zero-order valence-corrected chi connectivity index (χ0v) is 12.8. The molecular weight excluding hydrogens is 322 g/mol. The number of hydrogen-bond acceptors (Lipinski definition) is 8. The lowest BCUT2D eigenvalue weighted by atomic mass is 9.98. The van der Waals surface area contributed by atoms with E-state index in [0.29, 0.717) is 0 Å². The summed E-state index contributed by atoms with van der Waals surface area (Å²) >= 11 is 0. The molecule has 1 aromatic rings. The Morgan fingerprint density at radius 1 is 1.17 bits per heavy atom. The second-order valence-corrected chi connectivity index (χ2v) is 5.30. The van der Waals surface area contributed by atoms with E-state index < -0.39 is 49.1 Å². The summed E-state index contributed by atoms with van der Waals surface area (Å²) in [5.41, 5.74) is 0.272. The number of amides is 1. The number of benzene rings is 1. The van der Waals surface area contributed by atoms with Gasteiger partial charge in [-0.05, 0) is 18.2 Å². The molecule has 132 valence electrons. The summed E-state index contributed by atoms with van der Waals surface area (Å²) in [5, 5.41) is 40.7. The number of hydrogen-bond donors (Lipinski definition) is 5. The smallest absolute Gasteiger partial charge is 0.337 e. The topological polar surface area (TPSA) is 146 Å². The predicted molar refractivity (Wildman–Crippen MR) is 79.0 cm³/mol. The van der Waals surface area contributed by atoms with Gasteiger partial charge >= 0.3 is 5.97 Å². The van der Waals surface area contributed by atoms with Crippen LogP contribution >= 0.6 is 0 Å². The molecule has 0 unspecified atom stereocenters. The third-order valence-electron chi connectivity index (χ3n) is 3.71. The van der Waals surface area contributed by atoms with Gasteiger partial charge in [-0.25, -0.2) is 4.79 Å². The van der Waals surface area contributed by atoms with Gasteiger partial charge in [0.25, 0.3) is 5.91 Å². The molecular formula is C15H19NO8. The number of esters is 1. The first-order valence-corrected chi connectivity index (χ1v) is 7.18. The number of rotatable bonds is 4. The van der Waals surface area contributed by atoms with Crippen LogP contribution in [0.3, 0.4) is 0 Å². The van der Waals surface area contributed by atoms with E-state index in [1.54, 1.807) is 0 Å². The van der Waals surface area contributed by atoms with Crippen molar-refractivity contribution >= 4 is 11.9 Å². The summed E-state index contributed by atoms with van der Waals surface area (Å²) in [7, 11) is 1.21. The Balaban J connectivity index is 2.12. The van der Waals surface area contributed by atoms with Crippen LogP contribution in [0.2, 0.25) is 0 Å². The van der Waals surface area contributed by atoms with E-state index in [-0.39, 0.29) is 11.1 Å². The van der Waals surface area contributed by atoms with Crippen molar-refractivity contribution in [2.24, 2.45) is 0 Å². The Labute approximate surface area is 137 Å². The van der Waals surface area contributed by atoms with Crippen molar-refractivity contribution in [1.29, 1.82) is 0 Å². The second-order valence-electron chi connectivity index (χ2n) is 5.30. The Hall–Kier alpha value is -2.04. The summed E-state index contributed by atoms with van der Waals surface area (Å²) in [6, 6.07) is 5.68. The molecule has 5 atom stereocenters. The highest BCUT2D eigenvalue weighted by Crippen LogP contribution is 2.20. The standard InChI is InChI=1S/C15H19NO8/c1-23-15(22)8-4-2-3-7(5-8)13(21)16-14-12(20)11(19)10(18)9(6-17)24-14/h2-5,9-12,14,17-20H,6H2,1H3,(H,16,21)/t9-,10-,11+,12-,14-/m1/s1. The molecule has 1 heterocycles. The maximum Gasteiger partial charge on any atom is 0.337 e. The SMILES string of the molecule is COC(=O)c1cccc(C(=O)N[C@@H]2O[C@H](CO)[C@@H](O)[C@H](O)[C@H]2O)c1. The number of nitrogens with one attached hydrogen (secondary N) is 1. The highest BCUT2D eigenvalue weighted by Gasteiger charge is 2.44. The molecule has 2 rings (SSSR count). The molecule has 0 bridgehead atoms. The van der Waals surface area contributed by atoms with Crippen LogP contribution < -0.4 is 5.32 Å². The second kappa shape index (κ2) is 7.69. The lowest BCUT2D eigenvalue weighted by molar-refractivity contribution is -0.233. The van der Waals surface area contributed by atoms with Crippen molar-refractivity contribution in [3.8, 4) is 0 Å². The number of carbonyl (C=O) groups is 2. The molecule has 9 heteroatoms. The van der Waals surface area contributed by atoms with E-state index in [4.69, 9.17) is 9.84 Å². The van der Waals surface area contributed by atoms with Gasteiger partial charge in [0.15, 0.2) is 6.23 Å². The summed E-state index contributed by atoms with van der Waals surface area (Å²) in [4.78, 5) is 23.7. The number of carbonyl (C=O) groups excluding carboxylic acids is 2. The van der Waals surface area contributed by atoms with Crippen LogP contribution in [0.25, 0.3) is 0 Å². The minimum atomic E-state index is -1.59. The fraction of sp³-hybridized carbons (Fsp3) is 0.467. The van der Waals surface area contributed by atoms with Crippen molar-refractivity contribution in [2.45, 2.75) is 30.6 Å². The quantitative estimate of drug-likeness (QED) is 0.395. The van der Waals surface area contributed by atoms with Crippen LogP contribution in [0, 0.1) is 0 Å². The molecule has 1 aliphatic rings. The highest BCUT2D eigenvalue weighted by atomic mass is 16.6. The van der Waals surface area contributed by atoms with Gasteiger partial charge in [-0.2, -0.15) is 0 Å². The molecule has 0 aromatic heterocycles. The van der Waals surface area contributed by atoms with Gasteiger partial charge in [0, 0.05) is 5.56 Å². The summed E-state index contributed by atoms with van der Waals surface area (Å²) < 4.78 is 9.76. The fourth-order valence-corrected chi connectivity index (χ4v) is 2.34. The summed E-state index contributed by atoms with van der Waals surface area (Å²) in [6.45, 7) is -0.602. The van der Waals surface area contributed by atoms with Crippen LogP contribution in [-0.4, -0.2) is 76.7 Å². The highest BCUT2D eigenvalue weighted by molar-refractivity contribution is 5.98. The number of methoxy groups -OCH3 is 1. The van der Waals surface area contributed by atoms with E-state index in [0.717, 1.165) is 0 Å². The normalized spacial score (nSPS) is 29.8. The molecule has 1 aliphatic heterocycles. The average molecular weight is 341 g/mol. The van der Waals surface area contributed by atoms with Crippen molar-refractivity contribution in [3.05, 3.63) is 35.4 Å². The van der Waals surface area contributed by atoms with Gasteiger partial charge in [-0.3, -0.25) is 4.79 Å². The van der Waals surface area contributed by atoms with Crippen LogP contribution in [0.1, 0.15) is 20.7 Å². The van der Waals surface area contributed by atoms with Gasteiger partial charge in [0.2, 0.25) is 0 Å². The monoisotopic (exact) mass is 341 g/mol. The minimum Gasteiger partial charge on any atom is -0.465 e. The molecule has 1 aromatic carbocycles. The molecule has 24 heavy (non-hydrogen) atoms. The van der Waals surface area contributed by atoms with E-state index in [1.165, 1.54) is 31.4 Å². The van der Waals surface area contributed by atoms with Crippen molar-refractivity contribution in [3.63, 3.8) is 0 Å². The molecule has 9 nitrogen and oxygen atoms in total. The Kier molecular flexibility index (Phi) is 5.86. The Morgan fingerprint density at radius 3 is 2.46 bits per heavy atom. The number of aliphatic hydroxyl groups is 4. The minimum absolute atomic E-state index is 0.106. The molecule has 1 amide bonds. The fourth-order valence-electron chi connectivity index (χ4n) is 2.34. The number of aliphatic hydroxyl groups excluding tert-OH is 4. The molecule has 0 radical (unpaired) electrons. The van der Waals surface area contributed by atoms with E-state index >= 15 is 0 Å². The van der Waals surface area contributed by atoms with Gasteiger partial charge in [-0.15, -0.1) is 0 Å². The molecule has 0 spiro atoms. The zero-order valence-electron chi connectivity index (χ0n) is 12.8. The van der Waals surface area contributed by atoms with Crippen LogP contribution in [0.4, 0.5) is 0 Å². The van der Waals surface area contributed by atoms with Crippen LogP contribution in [0.15, 0.2) is 24.3 Å². The maximum atomic E-state index is 12.2. The first-order valence-electron chi connectivity index (χ1n) is 7.18. The summed E-state index contributed by atoms with van der Waals surface area (Å²) in [6.07, 6.45) is -7.16. The molecule has 1 fully saturated rings. The lowest BCUT2D eigenvalue weighted by Crippen LogP contribution is -2.63. The predicted octanol–water partition coefficient (Wildman–Crippen LogP) is -2.00. The molecule has 5 N–H and O–H groups in total. The van der Waals surface area contributed by atoms with E-state index in [1.807, 2.05) is 0 Å². The van der Waals surface area contributed by atoms with Gasteiger partial charge in [0.1, 0.15) is 24.4 Å². The molecule has 0 aliphatic carbocycles. The Bertz CT molecular complexity index is 605.